The van der Waals surface area contributed by atoms with Gasteiger partial charge in [0.25, 0.3) is 0 Å². The zero-order valence-corrected chi connectivity index (χ0v) is 24.2. The molecule has 1 unspecified atom stereocenters. The van der Waals surface area contributed by atoms with Gasteiger partial charge in [-0.1, -0.05) is 41.0 Å². The maximum atomic E-state index is 6.02. The Bertz CT molecular complexity index is 1650. The van der Waals surface area contributed by atoms with E-state index in [9.17, 15) is 0 Å². The molecule has 5 aromatic rings. The molecule has 0 fully saturated rings. The van der Waals surface area contributed by atoms with Crippen molar-refractivity contribution in [3.8, 4) is 11.5 Å². The van der Waals surface area contributed by atoms with Gasteiger partial charge in [0.2, 0.25) is 17.8 Å². The Kier molecular flexibility index (Phi) is 8.19. The second-order valence-electron chi connectivity index (χ2n) is 9.60. The van der Waals surface area contributed by atoms with Crippen LogP contribution >= 0.6 is 11.6 Å². The van der Waals surface area contributed by atoms with E-state index in [0.29, 0.717) is 29.3 Å². The van der Waals surface area contributed by atoms with Crippen LogP contribution in [0.15, 0.2) is 102 Å². The van der Waals surface area contributed by atoms with Gasteiger partial charge in [-0.25, -0.2) is 0 Å². The van der Waals surface area contributed by atoms with Crippen LogP contribution in [0.1, 0.15) is 23.7 Å². The van der Waals surface area contributed by atoms with Crippen molar-refractivity contribution in [2.45, 2.75) is 12.5 Å². The van der Waals surface area contributed by atoms with E-state index in [0.717, 1.165) is 45.4 Å². The van der Waals surface area contributed by atoms with Crippen molar-refractivity contribution in [1.82, 2.24) is 15.0 Å². The maximum absolute atomic E-state index is 6.02. The molecule has 1 aromatic heterocycles. The Balaban J connectivity index is 1.19. The summed E-state index contributed by atoms with van der Waals surface area (Å²) < 4.78 is 10.5. The smallest absolute Gasteiger partial charge is 0.233 e. The number of nitrogens with zero attached hydrogens (tertiary/aromatic N) is 4. The fourth-order valence-corrected chi connectivity index (χ4v) is 4.56. The van der Waals surface area contributed by atoms with E-state index >= 15 is 0 Å². The predicted octanol–water partition coefficient (Wildman–Crippen LogP) is 7.64. The van der Waals surface area contributed by atoms with Crippen molar-refractivity contribution in [1.29, 1.82) is 0 Å². The lowest BCUT2D eigenvalue weighted by Crippen LogP contribution is -2.07. The van der Waals surface area contributed by atoms with Gasteiger partial charge in [-0.05, 0) is 83.9 Å². The molecule has 11 heteroatoms. The Morgan fingerprint density at radius 1 is 0.628 bits per heavy atom. The van der Waals surface area contributed by atoms with Crippen LogP contribution in [-0.4, -0.2) is 34.9 Å². The Morgan fingerprint density at radius 2 is 1.07 bits per heavy atom. The summed E-state index contributed by atoms with van der Waals surface area (Å²) in [5, 5.41) is 14.8. The van der Waals surface area contributed by atoms with Gasteiger partial charge >= 0.3 is 0 Å². The summed E-state index contributed by atoms with van der Waals surface area (Å²) in [4.78, 5) is 19.5. The zero-order chi connectivity index (χ0) is 29.6. The number of benzene rings is 4. The molecule has 10 nitrogen and oxygen atoms in total. The lowest BCUT2D eigenvalue weighted by molar-refractivity contribution is 0.0857. The van der Waals surface area contributed by atoms with Crippen LogP contribution in [0.4, 0.5) is 34.9 Å². The summed E-state index contributed by atoms with van der Waals surface area (Å²) in [7, 11) is 3.26. The minimum Gasteiger partial charge on any atom is -0.497 e. The second kappa shape index (κ2) is 12.7. The van der Waals surface area contributed by atoms with Crippen molar-refractivity contribution in [3.05, 3.63) is 113 Å². The van der Waals surface area contributed by atoms with Gasteiger partial charge in [-0.3, -0.25) is 0 Å². The number of hydrogen-bond acceptors (Lipinski definition) is 10. The molecule has 0 saturated heterocycles. The first kappa shape index (κ1) is 27.8. The molecular weight excluding hydrogens is 566 g/mol. The summed E-state index contributed by atoms with van der Waals surface area (Å²) in [5.41, 5.74) is 5.29. The summed E-state index contributed by atoms with van der Waals surface area (Å²) in [6.45, 7) is 0. The van der Waals surface area contributed by atoms with Crippen molar-refractivity contribution in [2.75, 3.05) is 30.2 Å². The van der Waals surface area contributed by atoms with Gasteiger partial charge in [0.05, 0.1) is 19.9 Å². The molecule has 0 saturated carbocycles. The van der Waals surface area contributed by atoms with Gasteiger partial charge in [-0.15, -0.1) is 0 Å². The number of ether oxygens (including phenoxy) is 2. The third-order valence-corrected chi connectivity index (χ3v) is 6.96. The average Bonchev–Trinajstić information content (AvgIpc) is 3.53. The summed E-state index contributed by atoms with van der Waals surface area (Å²) in [6, 6.07) is 30.5. The van der Waals surface area contributed by atoms with Crippen LogP contribution in [0, 0.1) is 0 Å². The molecule has 0 radical (unpaired) electrons. The van der Waals surface area contributed by atoms with Gasteiger partial charge in [0, 0.05) is 28.5 Å². The SMILES string of the molecule is COc1ccc(Nc2nc(Nc3ccc(OC)cc3)nc(Nc3ccc(C4=NOC(c5ccc(Cl)cc5)C4)cc3)n2)cc1. The first-order valence-corrected chi connectivity index (χ1v) is 13.9. The Hall–Kier alpha value is -5.35. The lowest BCUT2D eigenvalue weighted by atomic mass is 10.0. The minimum atomic E-state index is -0.136. The monoisotopic (exact) mass is 593 g/mol. The van der Waals surface area contributed by atoms with Gasteiger partial charge in [-0.2, -0.15) is 15.0 Å². The van der Waals surface area contributed by atoms with Gasteiger partial charge < -0.3 is 30.3 Å². The van der Waals surface area contributed by atoms with Crippen molar-refractivity contribution < 1.29 is 14.3 Å². The summed E-state index contributed by atoms with van der Waals surface area (Å²) >= 11 is 6.02. The highest BCUT2D eigenvalue weighted by Crippen LogP contribution is 2.31. The third kappa shape index (κ3) is 6.94. The normalized spacial score (nSPS) is 13.9. The molecule has 216 valence electrons. The largest absolute Gasteiger partial charge is 0.497 e. The van der Waals surface area contributed by atoms with E-state index in [4.69, 9.17) is 25.9 Å². The molecule has 0 aliphatic carbocycles. The highest BCUT2D eigenvalue weighted by Gasteiger charge is 2.23. The van der Waals surface area contributed by atoms with Crippen LogP contribution in [0.2, 0.25) is 5.02 Å². The molecule has 1 aliphatic rings. The molecule has 0 spiro atoms. The second-order valence-corrected chi connectivity index (χ2v) is 10.0. The number of oxime groups is 1. The van der Waals surface area contributed by atoms with Crippen molar-refractivity contribution >= 4 is 52.2 Å². The summed E-state index contributed by atoms with van der Waals surface area (Å²) in [6.07, 6.45) is 0.534. The first-order chi connectivity index (χ1) is 21.0. The van der Waals surface area contributed by atoms with Crippen LogP contribution < -0.4 is 25.4 Å². The fraction of sp³-hybridized carbons (Fsp3) is 0.125. The van der Waals surface area contributed by atoms with E-state index < -0.39 is 0 Å². The van der Waals surface area contributed by atoms with E-state index in [-0.39, 0.29) is 6.10 Å². The first-order valence-electron chi connectivity index (χ1n) is 13.5. The Morgan fingerprint density at radius 3 is 1.51 bits per heavy atom. The quantitative estimate of drug-likeness (QED) is 0.150. The molecule has 1 aliphatic heterocycles. The molecule has 6 rings (SSSR count). The summed E-state index contributed by atoms with van der Waals surface area (Å²) in [5.74, 6) is 2.59. The lowest BCUT2D eigenvalue weighted by Gasteiger charge is -2.12. The zero-order valence-electron chi connectivity index (χ0n) is 23.4. The number of nitrogens with one attached hydrogen (secondary N) is 3. The van der Waals surface area contributed by atoms with Crippen LogP contribution in [0.5, 0.6) is 11.5 Å². The average molecular weight is 594 g/mol. The van der Waals surface area contributed by atoms with Crippen LogP contribution in [0.25, 0.3) is 0 Å². The molecule has 43 heavy (non-hydrogen) atoms. The highest BCUT2D eigenvalue weighted by molar-refractivity contribution is 6.30. The third-order valence-electron chi connectivity index (χ3n) is 6.71. The molecule has 4 aromatic carbocycles. The minimum absolute atomic E-state index is 0.136. The Labute approximate surface area is 253 Å². The molecule has 0 bridgehead atoms. The van der Waals surface area contributed by atoms with Crippen LogP contribution in [0.3, 0.4) is 0 Å². The predicted molar refractivity (Wildman–Crippen MR) is 169 cm³/mol. The van der Waals surface area contributed by atoms with E-state index in [1.54, 1.807) is 14.2 Å². The number of halogens is 1. The number of methoxy groups -OCH3 is 2. The molecule has 2 heterocycles. The number of hydrogen-bond donors (Lipinski definition) is 3. The molecule has 0 amide bonds. The van der Waals surface area contributed by atoms with E-state index in [1.807, 2.05) is 97.1 Å². The van der Waals surface area contributed by atoms with Crippen LogP contribution in [-0.2, 0) is 4.84 Å². The molecular formula is C32H28ClN7O3. The number of rotatable bonds is 10. The topological polar surface area (TPSA) is 115 Å². The standard InChI is InChI=1S/C32H28ClN7O3/c1-41-26-15-11-24(12-16-26)35-31-37-30(38-32(39-31)36-25-13-17-27(42-2)18-14-25)34-23-9-5-20(6-10-23)28-19-29(43-40-28)21-3-7-22(33)8-4-21/h3-18,29H,19H2,1-2H3,(H3,34,35,36,37,38,39). The maximum Gasteiger partial charge on any atom is 0.233 e. The van der Waals surface area contributed by atoms with Crippen molar-refractivity contribution in [2.24, 2.45) is 5.16 Å². The number of anilines is 6. The number of aromatic nitrogens is 3. The molecule has 3 N–H and O–H groups in total. The van der Waals surface area contributed by atoms with E-state index in [1.165, 1.54) is 0 Å². The molecule has 1 atom stereocenters. The van der Waals surface area contributed by atoms with Gasteiger partial charge in [0.1, 0.15) is 11.5 Å². The fourth-order valence-electron chi connectivity index (χ4n) is 4.43. The van der Waals surface area contributed by atoms with Gasteiger partial charge in [0.15, 0.2) is 6.10 Å². The van der Waals surface area contributed by atoms with E-state index in [2.05, 4.69) is 36.1 Å². The van der Waals surface area contributed by atoms with Crippen molar-refractivity contribution in [3.63, 3.8) is 0 Å². The highest BCUT2D eigenvalue weighted by atomic mass is 35.5.